The number of carbonyl (C=O) groups excluding carboxylic acids is 2. The molecule has 1 unspecified atom stereocenters. The van der Waals surface area contributed by atoms with E-state index in [0.717, 1.165) is 57.8 Å². The molecule has 0 aromatic heterocycles. The van der Waals surface area contributed by atoms with Gasteiger partial charge in [-0.25, -0.2) is 0 Å². The van der Waals surface area contributed by atoms with Crippen molar-refractivity contribution in [1.29, 1.82) is 0 Å². The van der Waals surface area contributed by atoms with Gasteiger partial charge in [0.15, 0.2) is 5.78 Å². The molecule has 4 heteroatoms. The lowest BCUT2D eigenvalue weighted by atomic mass is 9.89. The number of hydrogen-bond donors (Lipinski definition) is 2. The van der Waals surface area contributed by atoms with Crippen molar-refractivity contribution < 1.29 is 19.8 Å². The molecule has 0 saturated heterocycles. The zero-order valence-corrected chi connectivity index (χ0v) is 16.9. The first-order valence-corrected chi connectivity index (χ1v) is 10.7. The van der Waals surface area contributed by atoms with E-state index < -0.39 is 6.10 Å². The summed E-state index contributed by atoms with van der Waals surface area (Å²) in [5.41, 5.74) is 0. The molecular weight excluding hydrogens is 340 g/mol. The van der Waals surface area contributed by atoms with Crippen LogP contribution in [0.1, 0.15) is 84.0 Å². The van der Waals surface area contributed by atoms with Gasteiger partial charge in [-0.15, -0.1) is 0 Å². The number of Topliss-reactive ketones (excluding diaryl/α,β-unsaturated/α-hetero) is 2. The van der Waals surface area contributed by atoms with E-state index in [9.17, 15) is 14.7 Å². The number of carbonyl (C=O) groups is 2. The molecule has 0 bridgehead atoms. The Hall–Kier alpha value is -1.26. The smallest absolute Gasteiger partial charge is 0.158 e. The Morgan fingerprint density at radius 1 is 1.19 bits per heavy atom. The maximum atomic E-state index is 12.2. The predicted octanol–water partition coefficient (Wildman–Crippen LogP) is 4.54. The average molecular weight is 379 g/mol. The molecule has 1 fully saturated rings. The Morgan fingerprint density at radius 3 is 2.70 bits per heavy atom. The Balaban J connectivity index is 2.26. The van der Waals surface area contributed by atoms with Gasteiger partial charge in [-0.3, -0.25) is 9.59 Å². The lowest BCUT2D eigenvalue weighted by Gasteiger charge is -2.15. The Labute approximate surface area is 164 Å². The van der Waals surface area contributed by atoms with Gasteiger partial charge in [0.2, 0.25) is 0 Å². The fourth-order valence-electron chi connectivity index (χ4n) is 3.71. The van der Waals surface area contributed by atoms with Gasteiger partial charge in [0.25, 0.3) is 0 Å². The SMILES string of the molecule is CCCCC=CC(O)CC=C[C@H]1CCC(=O)[C@@H]1CCCCCCC(=O)CO. The second kappa shape index (κ2) is 14.8. The molecule has 1 saturated carbocycles. The number of aliphatic hydroxyl groups is 2. The molecule has 0 aromatic rings. The first kappa shape index (κ1) is 23.8. The summed E-state index contributed by atoms with van der Waals surface area (Å²) in [6.45, 7) is 1.80. The highest BCUT2D eigenvalue weighted by Gasteiger charge is 2.32. The van der Waals surface area contributed by atoms with Gasteiger partial charge in [-0.2, -0.15) is 0 Å². The van der Waals surface area contributed by atoms with Crippen LogP contribution in [0.2, 0.25) is 0 Å². The number of aliphatic hydroxyl groups excluding tert-OH is 2. The summed E-state index contributed by atoms with van der Waals surface area (Å²) in [5.74, 6) is 0.719. The maximum absolute atomic E-state index is 12.2. The first-order chi connectivity index (χ1) is 13.1. The Morgan fingerprint density at radius 2 is 1.96 bits per heavy atom. The van der Waals surface area contributed by atoms with Crippen LogP contribution in [0, 0.1) is 11.8 Å². The van der Waals surface area contributed by atoms with E-state index in [4.69, 9.17) is 5.11 Å². The fraction of sp³-hybridized carbons (Fsp3) is 0.739. The zero-order chi connectivity index (χ0) is 19.9. The third kappa shape index (κ3) is 10.6. The summed E-state index contributed by atoms with van der Waals surface area (Å²) in [4.78, 5) is 23.2. The molecule has 3 atom stereocenters. The standard InChI is InChI=1S/C23H38O4/c1-2-3-4-7-12-20(25)14-10-11-19-16-17-23(27)22(19)15-9-6-5-8-13-21(26)18-24/h7,10-12,19-20,22,24-25H,2-6,8-9,13-18H2,1H3/t19-,20?,22+/m0/s1. The highest BCUT2D eigenvalue weighted by molar-refractivity contribution is 5.83. The van der Waals surface area contributed by atoms with E-state index in [0.29, 0.717) is 31.0 Å². The van der Waals surface area contributed by atoms with Crippen molar-refractivity contribution in [3.05, 3.63) is 24.3 Å². The minimum absolute atomic E-state index is 0.0893. The summed E-state index contributed by atoms with van der Waals surface area (Å²) in [5, 5.41) is 18.7. The largest absolute Gasteiger partial charge is 0.389 e. The highest BCUT2D eigenvalue weighted by Crippen LogP contribution is 2.34. The van der Waals surface area contributed by atoms with E-state index in [-0.39, 0.29) is 18.3 Å². The molecule has 1 aliphatic rings. The van der Waals surface area contributed by atoms with Crippen LogP contribution in [-0.2, 0) is 9.59 Å². The highest BCUT2D eigenvalue weighted by atomic mass is 16.3. The van der Waals surface area contributed by atoms with Gasteiger partial charge in [0, 0.05) is 18.8 Å². The van der Waals surface area contributed by atoms with Crippen molar-refractivity contribution >= 4 is 11.6 Å². The van der Waals surface area contributed by atoms with Crippen molar-refractivity contribution in [2.75, 3.05) is 6.61 Å². The molecular formula is C23H38O4. The van der Waals surface area contributed by atoms with Gasteiger partial charge < -0.3 is 10.2 Å². The Bertz CT molecular complexity index is 481. The number of unbranched alkanes of at least 4 members (excludes halogenated alkanes) is 5. The summed E-state index contributed by atoms with van der Waals surface area (Å²) < 4.78 is 0. The van der Waals surface area contributed by atoms with Crippen molar-refractivity contribution in [3.8, 4) is 0 Å². The van der Waals surface area contributed by atoms with Crippen LogP contribution in [0.4, 0.5) is 0 Å². The van der Waals surface area contributed by atoms with Gasteiger partial charge >= 0.3 is 0 Å². The molecule has 1 aliphatic carbocycles. The van der Waals surface area contributed by atoms with Crippen LogP contribution in [0.25, 0.3) is 0 Å². The minimum Gasteiger partial charge on any atom is -0.389 e. The summed E-state index contributed by atoms with van der Waals surface area (Å²) in [6, 6.07) is 0. The van der Waals surface area contributed by atoms with E-state index in [1.165, 1.54) is 0 Å². The molecule has 2 N–H and O–H groups in total. The average Bonchev–Trinajstić information content (AvgIpc) is 3.01. The summed E-state index contributed by atoms with van der Waals surface area (Å²) in [7, 11) is 0. The molecule has 1 rings (SSSR count). The van der Waals surface area contributed by atoms with Crippen LogP contribution < -0.4 is 0 Å². The van der Waals surface area contributed by atoms with Gasteiger partial charge in [-0.1, -0.05) is 63.3 Å². The quantitative estimate of drug-likeness (QED) is 0.324. The van der Waals surface area contributed by atoms with Crippen molar-refractivity contribution in [2.45, 2.75) is 90.1 Å². The van der Waals surface area contributed by atoms with Crippen LogP contribution in [0.3, 0.4) is 0 Å². The normalized spacial score (nSPS) is 21.5. The maximum Gasteiger partial charge on any atom is 0.158 e. The lowest BCUT2D eigenvalue weighted by Crippen LogP contribution is -2.13. The lowest BCUT2D eigenvalue weighted by molar-refractivity contribution is -0.122. The molecule has 0 heterocycles. The van der Waals surface area contributed by atoms with Crippen LogP contribution in [-0.4, -0.2) is 34.5 Å². The third-order valence-corrected chi connectivity index (χ3v) is 5.39. The molecule has 4 nitrogen and oxygen atoms in total. The summed E-state index contributed by atoms with van der Waals surface area (Å²) >= 11 is 0. The van der Waals surface area contributed by atoms with Crippen LogP contribution in [0.5, 0.6) is 0 Å². The van der Waals surface area contributed by atoms with E-state index in [1.807, 2.05) is 12.2 Å². The third-order valence-electron chi connectivity index (χ3n) is 5.39. The van der Waals surface area contributed by atoms with Crippen molar-refractivity contribution in [1.82, 2.24) is 0 Å². The molecule has 0 aliphatic heterocycles. The van der Waals surface area contributed by atoms with Gasteiger partial charge in [0.05, 0.1) is 6.10 Å². The van der Waals surface area contributed by atoms with E-state index in [2.05, 4.69) is 19.1 Å². The predicted molar refractivity (Wildman–Crippen MR) is 109 cm³/mol. The van der Waals surface area contributed by atoms with Gasteiger partial charge in [-0.05, 0) is 38.0 Å². The molecule has 0 spiro atoms. The number of hydrogen-bond acceptors (Lipinski definition) is 4. The molecule has 0 amide bonds. The first-order valence-electron chi connectivity index (χ1n) is 10.7. The van der Waals surface area contributed by atoms with Crippen LogP contribution >= 0.6 is 0 Å². The molecule has 27 heavy (non-hydrogen) atoms. The number of allylic oxidation sites excluding steroid dienone is 2. The number of rotatable bonds is 15. The van der Waals surface area contributed by atoms with Crippen molar-refractivity contribution in [2.24, 2.45) is 11.8 Å². The fourth-order valence-corrected chi connectivity index (χ4v) is 3.71. The second-order valence-corrected chi connectivity index (χ2v) is 7.73. The van der Waals surface area contributed by atoms with E-state index >= 15 is 0 Å². The summed E-state index contributed by atoms with van der Waals surface area (Å²) in [6.07, 6.45) is 18.4. The van der Waals surface area contributed by atoms with Crippen LogP contribution in [0.15, 0.2) is 24.3 Å². The zero-order valence-electron chi connectivity index (χ0n) is 16.9. The second-order valence-electron chi connectivity index (χ2n) is 7.73. The molecule has 154 valence electrons. The van der Waals surface area contributed by atoms with Crippen molar-refractivity contribution in [3.63, 3.8) is 0 Å². The molecule has 0 aromatic carbocycles. The monoisotopic (exact) mass is 378 g/mol. The molecule has 0 radical (unpaired) electrons. The Kier molecular flexibility index (Phi) is 13.0. The minimum atomic E-state index is -0.435. The topological polar surface area (TPSA) is 74.6 Å². The van der Waals surface area contributed by atoms with E-state index in [1.54, 1.807) is 0 Å². The number of ketones is 2. The van der Waals surface area contributed by atoms with Gasteiger partial charge in [0.1, 0.15) is 12.4 Å².